The Morgan fingerprint density at radius 2 is 1.67 bits per heavy atom. The average molecular weight is 164 g/mol. The third-order valence-electron chi connectivity index (χ3n) is 2.34. The quantitative estimate of drug-likeness (QED) is 0.586. The summed E-state index contributed by atoms with van der Waals surface area (Å²) in [7, 11) is 0. The third kappa shape index (κ3) is 0.876. The molecule has 0 aromatic heterocycles. The summed E-state index contributed by atoms with van der Waals surface area (Å²) in [6.07, 6.45) is 0. The lowest BCUT2D eigenvalue weighted by atomic mass is 10.0. The van der Waals surface area contributed by atoms with Crippen LogP contribution in [0.25, 0.3) is 0 Å². The van der Waals surface area contributed by atoms with E-state index in [-0.39, 0.29) is 0 Å². The van der Waals surface area contributed by atoms with Crippen molar-refractivity contribution in [3.8, 4) is 11.5 Å². The summed E-state index contributed by atoms with van der Waals surface area (Å²) in [5.74, 6) is 1.84. The van der Waals surface area contributed by atoms with E-state index < -0.39 is 0 Å². The van der Waals surface area contributed by atoms with Crippen LogP contribution >= 0.6 is 0 Å². The lowest BCUT2D eigenvalue weighted by Crippen LogP contribution is -1.93. The topological polar surface area (TPSA) is 18.5 Å². The molecule has 0 saturated heterocycles. The minimum atomic E-state index is 0.362. The first kappa shape index (κ1) is 7.47. The molecular formula is C10H12O2. The predicted molar refractivity (Wildman–Crippen MR) is 46.8 cm³/mol. The molecule has 1 aromatic rings. The fourth-order valence-corrected chi connectivity index (χ4v) is 1.53. The molecule has 0 atom stereocenters. The standard InChI is InChI=1S/C10H12O2/c1-6-4-7(2)9-10(8(6)3)12-5-11-9/h4H,5H2,1-3H3. The molecule has 0 spiro atoms. The number of aryl methyl sites for hydroxylation is 2. The molecule has 0 aliphatic carbocycles. The normalized spacial score (nSPS) is 13.6. The number of hydrogen-bond acceptors (Lipinski definition) is 2. The van der Waals surface area contributed by atoms with Gasteiger partial charge in [0.1, 0.15) is 0 Å². The first-order chi connectivity index (χ1) is 5.70. The summed E-state index contributed by atoms with van der Waals surface area (Å²) < 4.78 is 10.7. The minimum Gasteiger partial charge on any atom is -0.453 e. The van der Waals surface area contributed by atoms with E-state index in [4.69, 9.17) is 9.47 Å². The summed E-state index contributed by atoms with van der Waals surface area (Å²) in [4.78, 5) is 0. The van der Waals surface area contributed by atoms with Gasteiger partial charge < -0.3 is 9.47 Å². The molecule has 1 aliphatic heterocycles. The summed E-state index contributed by atoms with van der Waals surface area (Å²) in [6.45, 7) is 6.55. The zero-order chi connectivity index (χ0) is 8.72. The van der Waals surface area contributed by atoms with Crippen molar-refractivity contribution >= 4 is 0 Å². The van der Waals surface area contributed by atoms with Gasteiger partial charge in [-0.2, -0.15) is 0 Å². The van der Waals surface area contributed by atoms with Crippen LogP contribution in [0.15, 0.2) is 6.07 Å². The Morgan fingerprint density at radius 1 is 1.00 bits per heavy atom. The molecule has 0 unspecified atom stereocenters. The highest BCUT2D eigenvalue weighted by Gasteiger charge is 2.19. The summed E-state index contributed by atoms with van der Waals surface area (Å²) in [5, 5.41) is 0. The molecule has 2 nitrogen and oxygen atoms in total. The van der Waals surface area contributed by atoms with Crippen LogP contribution in [0.2, 0.25) is 0 Å². The lowest BCUT2D eigenvalue weighted by molar-refractivity contribution is 0.173. The highest BCUT2D eigenvalue weighted by atomic mass is 16.7. The minimum absolute atomic E-state index is 0.362. The third-order valence-corrected chi connectivity index (χ3v) is 2.34. The maximum absolute atomic E-state index is 5.37. The zero-order valence-corrected chi connectivity index (χ0v) is 7.60. The van der Waals surface area contributed by atoms with Crippen molar-refractivity contribution in [3.05, 3.63) is 22.8 Å². The van der Waals surface area contributed by atoms with Crippen molar-refractivity contribution in [3.63, 3.8) is 0 Å². The van der Waals surface area contributed by atoms with Gasteiger partial charge in [0.15, 0.2) is 11.5 Å². The number of fused-ring (bicyclic) bond motifs is 1. The highest BCUT2D eigenvalue weighted by Crippen LogP contribution is 2.39. The van der Waals surface area contributed by atoms with Gasteiger partial charge in [-0.15, -0.1) is 0 Å². The second-order valence-electron chi connectivity index (χ2n) is 3.20. The Balaban J connectivity index is 2.69. The van der Waals surface area contributed by atoms with E-state index in [0.717, 1.165) is 17.1 Å². The average Bonchev–Trinajstić information content (AvgIpc) is 2.48. The van der Waals surface area contributed by atoms with E-state index in [0.29, 0.717) is 6.79 Å². The van der Waals surface area contributed by atoms with E-state index >= 15 is 0 Å². The SMILES string of the molecule is Cc1cc(C)c2c(c1C)OCO2. The molecule has 0 radical (unpaired) electrons. The van der Waals surface area contributed by atoms with Crippen molar-refractivity contribution in [1.29, 1.82) is 0 Å². The Morgan fingerprint density at radius 3 is 2.42 bits per heavy atom. The molecule has 0 bridgehead atoms. The van der Waals surface area contributed by atoms with Gasteiger partial charge in [0.05, 0.1) is 0 Å². The molecule has 0 fully saturated rings. The summed E-state index contributed by atoms with van der Waals surface area (Å²) in [5.41, 5.74) is 3.61. The van der Waals surface area contributed by atoms with Crippen LogP contribution in [0, 0.1) is 20.8 Å². The Bertz CT molecular complexity index is 329. The molecule has 2 heteroatoms. The van der Waals surface area contributed by atoms with Gasteiger partial charge in [-0.05, 0) is 37.5 Å². The highest BCUT2D eigenvalue weighted by molar-refractivity contribution is 5.55. The van der Waals surface area contributed by atoms with Gasteiger partial charge in [-0.3, -0.25) is 0 Å². The van der Waals surface area contributed by atoms with Crippen LogP contribution in [-0.2, 0) is 0 Å². The molecule has 0 amide bonds. The molecule has 0 N–H and O–H groups in total. The molecule has 12 heavy (non-hydrogen) atoms. The second-order valence-corrected chi connectivity index (χ2v) is 3.20. The van der Waals surface area contributed by atoms with E-state index in [1.807, 2.05) is 6.92 Å². The monoisotopic (exact) mass is 164 g/mol. The van der Waals surface area contributed by atoms with Crippen LogP contribution in [0.1, 0.15) is 16.7 Å². The Kier molecular flexibility index (Phi) is 1.50. The molecule has 1 aliphatic rings. The lowest BCUT2D eigenvalue weighted by Gasteiger charge is -2.06. The Hall–Kier alpha value is -1.18. The smallest absolute Gasteiger partial charge is 0.231 e. The van der Waals surface area contributed by atoms with Gasteiger partial charge >= 0.3 is 0 Å². The van der Waals surface area contributed by atoms with Crippen LogP contribution in [0.4, 0.5) is 0 Å². The van der Waals surface area contributed by atoms with Gasteiger partial charge in [-0.25, -0.2) is 0 Å². The van der Waals surface area contributed by atoms with Crippen LogP contribution in [0.3, 0.4) is 0 Å². The van der Waals surface area contributed by atoms with Crippen molar-refractivity contribution in [2.45, 2.75) is 20.8 Å². The van der Waals surface area contributed by atoms with Gasteiger partial charge in [0.25, 0.3) is 0 Å². The van der Waals surface area contributed by atoms with E-state index in [2.05, 4.69) is 19.9 Å². The molecule has 1 heterocycles. The van der Waals surface area contributed by atoms with Crippen LogP contribution in [0.5, 0.6) is 11.5 Å². The maximum Gasteiger partial charge on any atom is 0.231 e. The first-order valence-electron chi connectivity index (χ1n) is 4.06. The Labute approximate surface area is 72.1 Å². The van der Waals surface area contributed by atoms with E-state index in [9.17, 15) is 0 Å². The fourth-order valence-electron chi connectivity index (χ4n) is 1.53. The van der Waals surface area contributed by atoms with E-state index in [1.54, 1.807) is 0 Å². The van der Waals surface area contributed by atoms with Crippen molar-refractivity contribution < 1.29 is 9.47 Å². The van der Waals surface area contributed by atoms with Crippen LogP contribution < -0.4 is 9.47 Å². The van der Waals surface area contributed by atoms with Crippen molar-refractivity contribution in [2.75, 3.05) is 6.79 Å². The molecule has 64 valence electrons. The van der Waals surface area contributed by atoms with Gasteiger partial charge in [-0.1, -0.05) is 6.07 Å². The largest absolute Gasteiger partial charge is 0.453 e. The summed E-state index contributed by atoms with van der Waals surface area (Å²) in [6, 6.07) is 2.13. The molecule has 2 rings (SSSR count). The maximum atomic E-state index is 5.37. The summed E-state index contributed by atoms with van der Waals surface area (Å²) >= 11 is 0. The van der Waals surface area contributed by atoms with E-state index in [1.165, 1.54) is 11.1 Å². The number of rotatable bonds is 0. The van der Waals surface area contributed by atoms with Crippen molar-refractivity contribution in [2.24, 2.45) is 0 Å². The molecule has 1 aromatic carbocycles. The predicted octanol–water partition coefficient (Wildman–Crippen LogP) is 2.34. The number of hydrogen-bond donors (Lipinski definition) is 0. The molecular weight excluding hydrogens is 152 g/mol. The number of benzene rings is 1. The zero-order valence-electron chi connectivity index (χ0n) is 7.60. The second kappa shape index (κ2) is 2.41. The van der Waals surface area contributed by atoms with Crippen molar-refractivity contribution in [1.82, 2.24) is 0 Å². The first-order valence-corrected chi connectivity index (χ1v) is 4.06. The van der Waals surface area contributed by atoms with Gasteiger partial charge in [0.2, 0.25) is 6.79 Å². The fraction of sp³-hybridized carbons (Fsp3) is 0.400. The van der Waals surface area contributed by atoms with Crippen LogP contribution in [-0.4, -0.2) is 6.79 Å². The number of ether oxygens (including phenoxy) is 2. The molecule has 0 saturated carbocycles. The van der Waals surface area contributed by atoms with Gasteiger partial charge in [0, 0.05) is 0 Å².